The number of aromatic nitrogens is 6. The number of anilines is 2. The summed E-state index contributed by atoms with van der Waals surface area (Å²) >= 11 is -2.30. The Kier molecular flexibility index (Phi) is 4.96. The van der Waals surface area contributed by atoms with Crippen LogP contribution in [0, 0.1) is 6.92 Å². The highest BCUT2D eigenvalue weighted by atomic mass is 32.2. The Morgan fingerprint density at radius 1 is 1.06 bits per heavy atom. The van der Waals surface area contributed by atoms with Gasteiger partial charge in [-0.2, -0.15) is 0 Å². The third-order valence-corrected chi connectivity index (χ3v) is 5.38. The van der Waals surface area contributed by atoms with Crippen LogP contribution >= 0.6 is 0 Å². The van der Waals surface area contributed by atoms with Gasteiger partial charge in [0.05, 0.1) is 23.6 Å². The molecule has 0 saturated heterocycles. The van der Waals surface area contributed by atoms with Gasteiger partial charge in [-0.3, -0.25) is 4.55 Å². The third kappa shape index (κ3) is 3.74. The molecule has 0 aliphatic rings. The molecular weight excluding hydrogens is 430 g/mol. The van der Waals surface area contributed by atoms with E-state index in [1.165, 1.54) is 12.5 Å². The van der Waals surface area contributed by atoms with Crippen molar-refractivity contribution in [2.24, 2.45) is 7.05 Å². The first-order valence-electron chi connectivity index (χ1n) is 9.53. The fourth-order valence-corrected chi connectivity index (χ4v) is 3.61. The van der Waals surface area contributed by atoms with Crippen molar-refractivity contribution in [1.29, 1.82) is 0 Å². The second-order valence-electron chi connectivity index (χ2n) is 7.07. The Hall–Kier alpha value is -3.96. The maximum Gasteiger partial charge on any atom is 0.247 e. The SMILES string of the molecule is Cc1cc(Nc2ncnc3cnc(S(=O)O)nc23)ccc1Oc1ccc2c(c1)ncn2C. The summed E-state index contributed by atoms with van der Waals surface area (Å²) in [6.45, 7) is 1.94. The third-order valence-electron chi connectivity index (χ3n) is 4.87. The number of fused-ring (bicyclic) bond motifs is 2. The van der Waals surface area contributed by atoms with Crippen molar-refractivity contribution >= 4 is 44.7 Å². The molecule has 5 rings (SSSR count). The first kappa shape index (κ1) is 20.0. The van der Waals surface area contributed by atoms with E-state index in [9.17, 15) is 8.76 Å². The van der Waals surface area contributed by atoms with E-state index in [1.807, 2.05) is 54.9 Å². The molecule has 0 fully saturated rings. The van der Waals surface area contributed by atoms with Crippen LogP contribution in [0.15, 0.2) is 60.4 Å². The normalized spacial score (nSPS) is 12.2. The van der Waals surface area contributed by atoms with Crippen molar-refractivity contribution in [1.82, 2.24) is 29.5 Å². The van der Waals surface area contributed by atoms with E-state index in [4.69, 9.17) is 4.74 Å². The minimum atomic E-state index is -2.30. The maximum absolute atomic E-state index is 11.3. The van der Waals surface area contributed by atoms with E-state index in [1.54, 1.807) is 6.33 Å². The van der Waals surface area contributed by atoms with Gasteiger partial charge in [0.25, 0.3) is 0 Å². The second kappa shape index (κ2) is 7.94. The van der Waals surface area contributed by atoms with Crippen molar-refractivity contribution in [3.8, 4) is 11.5 Å². The van der Waals surface area contributed by atoms with Crippen LogP contribution in [-0.4, -0.2) is 38.2 Å². The number of nitrogens with zero attached hydrogens (tertiary/aromatic N) is 6. The van der Waals surface area contributed by atoms with Crippen LogP contribution in [0.25, 0.3) is 22.1 Å². The molecule has 2 aromatic carbocycles. The predicted molar refractivity (Wildman–Crippen MR) is 119 cm³/mol. The molecule has 11 heteroatoms. The average molecular weight is 447 g/mol. The van der Waals surface area contributed by atoms with Crippen LogP contribution in [0.3, 0.4) is 0 Å². The first-order valence-corrected chi connectivity index (χ1v) is 10.6. The molecule has 32 heavy (non-hydrogen) atoms. The molecule has 5 aromatic rings. The topological polar surface area (TPSA) is 128 Å². The maximum atomic E-state index is 11.3. The van der Waals surface area contributed by atoms with Crippen LogP contribution < -0.4 is 10.1 Å². The van der Waals surface area contributed by atoms with Crippen molar-refractivity contribution in [3.63, 3.8) is 0 Å². The van der Waals surface area contributed by atoms with Crippen molar-refractivity contribution in [3.05, 3.63) is 60.8 Å². The Morgan fingerprint density at radius 2 is 1.94 bits per heavy atom. The molecule has 0 aliphatic heterocycles. The second-order valence-corrected chi connectivity index (χ2v) is 7.93. The number of hydrogen-bond donors (Lipinski definition) is 2. The number of hydrogen-bond acceptors (Lipinski definition) is 8. The lowest BCUT2D eigenvalue weighted by Gasteiger charge is -2.12. The molecule has 1 atom stereocenters. The standard InChI is InChI=1S/C21H17N7O3S/c1-12-7-13(26-20-19-16(23-10-24-20)9-22-21(27-19)32(29)30)3-6-18(12)31-14-4-5-17-15(8-14)25-11-28(17)2/h3-11H,1-2H3,(H,29,30)(H,23,24,26). The lowest BCUT2D eigenvalue weighted by Crippen LogP contribution is -2.02. The quantitative estimate of drug-likeness (QED) is 0.306. The highest BCUT2D eigenvalue weighted by molar-refractivity contribution is 7.79. The van der Waals surface area contributed by atoms with E-state index in [2.05, 4.69) is 30.2 Å². The molecule has 1 unspecified atom stereocenters. The Morgan fingerprint density at radius 3 is 2.75 bits per heavy atom. The fraction of sp³-hybridized carbons (Fsp3) is 0.0952. The van der Waals surface area contributed by atoms with Gasteiger partial charge in [0.15, 0.2) is 5.82 Å². The van der Waals surface area contributed by atoms with Gasteiger partial charge < -0.3 is 14.6 Å². The molecule has 0 saturated carbocycles. The molecular formula is C21H17N7O3S. The summed E-state index contributed by atoms with van der Waals surface area (Å²) in [5, 5.41) is 2.97. The predicted octanol–water partition coefficient (Wildman–Crippen LogP) is 3.73. The van der Waals surface area contributed by atoms with Gasteiger partial charge in [-0.25, -0.2) is 29.1 Å². The summed E-state index contributed by atoms with van der Waals surface area (Å²) in [7, 11) is 1.95. The summed E-state index contributed by atoms with van der Waals surface area (Å²) in [5.41, 5.74) is 4.35. The number of ether oxygens (including phenoxy) is 1. The number of aryl methyl sites for hydroxylation is 2. The highest BCUT2D eigenvalue weighted by Gasteiger charge is 2.12. The number of imidazole rings is 1. The number of nitrogens with one attached hydrogen (secondary N) is 1. The summed E-state index contributed by atoms with van der Waals surface area (Å²) in [6, 6.07) is 11.4. The van der Waals surface area contributed by atoms with Gasteiger partial charge in [-0.05, 0) is 42.8 Å². The molecule has 10 nitrogen and oxygen atoms in total. The zero-order valence-corrected chi connectivity index (χ0v) is 17.9. The zero-order valence-electron chi connectivity index (χ0n) is 17.1. The van der Waals surface area contributed by atoms with Gasteiger partial charge in [0, 0.05) is 18.8 Å². The molecule has 3 heterocycles. The van der Waals surface area contributed by atoms with Crippen molar-refractivity contribution in [2.45, 2.75) is 12.1 Å². The molecule has 0 spiro atoms. The van der Waals surface area contributed by atoms with Gasteiger partial charge in [0.2, 0.25) is 16.2 Å². The minimum Gasteiger partial charge on any atom is -0.457 e. The lowest BCUT2D eigenvalue weighted by atomic mass is 10.2. The van der Waals surface area contributed by atoms with Gasteiger partial charge in [0.1, 0.15) is 28.9 Å². The molecule has 0 amide bonds. The summed E-state index contributed by atoms with van der Waals surface area (Å²) in [6.07, 6.45) is 4.53. The number of benzene rings is 2. The van der Waals surface area contributed by atoms with E-state index in [0.29, 0.717) is 28.4 Å². The Labute approximate surface area is 184 Å². The summed E-state index contributed by atoms with van der Waals surface area (Å²) < 4.78 is 28.6. The molecule has 0 bridgehead atoms. The van der Waals surface area contributed by atoms with Crippen molar-refractivity contribution < 1.29 is 13.5 Å². The van der Waals surface area contributed by atoms with Gasteiger partial charge in [-0.15, -0.1) is 0 Å². The minimum absolute atomic E-state index is 0.208. The van der Waals surface area contributed by atoms with Crippen LogP contribution in [0.5, 0.6) is 11.5 Å². The average Bonchev–Trinajstić information content (AvgIpc) is 3.15. The molecule has 2 N–H and O–H groups in total. The monoisotopic (exact) mass is 447 g/mol. The summed E-state index contributed by atoms with van der Waals surface area (Å²) in [5.74, 6) is 1.81. The van der Waals surface area contributed by atoms with Crippen LogP contribution in [0.4, 0.5) is 11.5 Å². The van der Waals surface area contributed by atoms with Gasteiger partial charge >= 0.3 is 0 Å². The van der Waals surface area contributed by atoms with Crippen LogP contribution in [-0.2, 0) is 18.1 Å². The van der Waals surface area contributed by atoms with Crippen molar-refractivity contribution in [2.75, 3.05) is 5.32 Å². The summed E-state index contributed by atoms with van der Waals surface area (Å²) in [4.78, 5) is 20.6. The Bertz CT molecular complexity index is 1500. The largest absolute Gasteiger partial charge is 0.457 e. The first-order chi connectivity index (χ1) is 15.5. The fourth-order valence-electron chi connectivity index (χ4n) is 3.30. The highest BCUT2D eigenvalue weighted by Crippen LogP contribution is 2.30. The van der Waals surface area contributed by atoms with Gasteiger partial charge in [-0.1, -0.05) is 0 Å². The Balaban J connectivity index is 1.42. The number of rotatable bonds is 5. The van der Waals surface area contributed by atoms with Crippen LogP contribution in [0.1, 0.15) is 5.56 Å². The smallest absolute Gasteiger partial charge is 0.247 e. The van der Waals surface area contributed by atoms with E-state index >= 15 is 0 Å². The zero-order chi connectivity index (χ0) is 22.2. The van der Waals surface area contributed by atoms with Crippen LogP contribution in [0.2, 0.25) is 0 Å². The van der Waals surface area contributed by atoms with E-state index in [-0.39, 0.29) is 5.16 Å². The van der Waals surface area contributed by atoms with E-state index in [0.717, 1.165) is 22.3 Å². The molecule has 160 valence electrons. The molecule has 0 aliphatic carbocycles. The van der Waals surface area contributed by atoms with E-state index < -0.39 is 11.1 Å². The molecule has 3 aromatic heterocycles. The lowest BCUT2D eigenvalue weighted by molar-refractivity contribution is 0.479. The molecule has 0 radical (unpaired) electrons.